The summed E-state index contributed by atoms with van der Waals surface area (Å²) in [5, 5.41) is 2.91. The van der Waals surface area contributed by atoms with Crippen LogP contribution in [0.15, 0.2) is 107 Å². The van der Waals surface area contributed by atoms with Crippen molar-refractivity contribution >= 4 is 28.9 Å². The van der Waals surface area contributed by atoms with Crippen LogP contribution in [0.3, 0.4) is 0 Å². The first-order valence-corrected chi connectivity index (χ1v) is 13.7. The number of aliphatic imine (C=N–C) groups is 2. The summed E-state index contributed by atoms with van der Waals surface area (Å²) in [7, 11) is 0. The SMILES string of the molecule is C=C(CN=C(/C=C\C(C)=O)c1cccc(CC)c1)[C@H](CC)c1cccc(C(=O)NC(C)=Nc2ccccc2C)c1. The van der Waals surface area contributed by atoms with E-state index in [9.17, 15) is 9.59 Å². The van der Waals surface area contributed by atoms with Gasteiger partial charge in [0.25, 0.3) is 5.91 Å². The van der Waals surface area contributed by atoms with Gasteiger partial charge in [0.15, 0.2) is 5.78 Å². The number of carbonyl (C=O) groups is 2. The van der Waals surface area contributed by atoms with Gasteiger partial charge in [0.2, 0.25) is 0 Å². The van der Waals surface area contributed by atoms with E-state index < -0.39 is 0 Å². The standard InChI is InChI=1S/C35H39N3O2/c1-7-28-14-11-16-30(21-28)34(20-19-26(5)39)36-23-25(4)32(8-2)29-15-12-17-31(22-29)35(40)38-27(6)37-33-18-10-9-13-24(33)3/h9-22,32H,4,7-8,23H2,1-3,5-6H3,(H,37,38,40)/b20-19-,36-34?/t32-/m0/s1. The third kappa shape index (κ3) is 8.57. The lowest BCUT2D eigenvalue weighted by molar-refractivity contribution is -0.112. The molecule has 3 rings (SSSR count). The zero-order valence-corrected chi connectivity index (χ0v) is 24.2. The Labute approximate surface area is 238 Å². The largest absolute Gasteiger partial charge is 0.310 e. The zero-order valence-electron chi connectivity index (χ0n) is 24.2. The number of rotatable bonds is 11. The van der Waals surface area contributed by atoms with Crippen molar-refractivity contribution in [2.75, 3.05) is 6.54 Å². The lowest BCUT2D eigenvalue weighted by Crippen LogP contribution is -2.28. The number of carbonyl (C=O) groups excluding carboxylic acids is 2. The van der Waals surface area contributed by atoms with Crippen LogP contribution in [0.4, 0.5) is 5.69 Å². The third-order valence-corrected chi connectivity index (χ3v) is 6.71. The maximum absolute atomic E-state index is 13.0. The van der Waals surface area contributed by atoms with Crippen LogP contribution in [-0.2, 0) is 11.2 Å². The molecule has 3 aromatic rings. The maximum Gasteiger partial charge on any atom is 0.256 e. The fourth-order valence-corrected chi connectivity index (χ4v) is 4.47. The minimum atomic E-state index is -0.206. The number of hydrogen-bond donors (Lipinski definition) is 1. The molecule has 0 aliphatic carbocycles. The van der Waals surface area contributed by atoms with Gasteiger partial charge >= 0.3 is 0 Å². The molecule has 5 heteroatoms. The van der Waals surface area contributed by atoms with Crippen molar-refractivity contribution in [2.24, 2.45) is 9.98 Å². The topological polar surface area (TPSA) is 70.9 Å². The fraction of sp³-hybridized carbons (Fsp3) is 0.257. The Balaban J connectivity index is 1.79. The molecule has 0 unspecified atom stereocenters. The number of ketones is 1. The molecule has 1 amide bonds. The minimum absolute atomic E-state index is 0.0262. The average molecular weight is 534 g/mol. The van der Waals surface area contributed by atoms with Crippen LogP contribution in [0, 0.1) is 6.92 Å². The molecule has 1 N–H and O–H groups in total. The number of nitrogens with one attached hydrogen (secondary N) is 1. The highest BCUT2D eigenvalue weighted by atomic mass is 16.1. The summed E-state index contributed by atoms with van der Waals surface area (Å²) >= 11 is 0. The van der Waals surface area contributed by atoms with Gasteiger partial charge in [-0.1, -0.05) is 69.0 Å². The molecule has 0 aromatic heterocycles. The maximum atomic E-state index is 13.0. The average Bonchev–Trinajstić information content (AvgIpc) is 2.94. The molecule has 5 nitrogen and oxygen atoms in total. The van der Waals surface area contributed by atoms with Gasteiger partial charge in [-0.3, -0.25) is 14.6 Å². The zero-order chi connectivity index (χ0) is 29.1. The molecule has 3 aromatic carbocycles. The summed E-state index contributed by atoms with van der Waals surface area (Å²) in [5.41, 5.74) is 7.32. The van der Waals surface area contributed by atoms with E-state index in [0.717, 1.165) is 46.5 Å². The quantitative estimate of drug-likeness (QED) is 0.119. The van der Waals surface area contributed by atoms with Gasteiger partial charge in [-0.15, -0.1) is 0 Å². The van der Waals surface area contributed by atoms with Crippen molar-refractivity contribution in [2.45, 2.75) is 53.4 Å². The normalized spacial score (nSPS) is 12.8. The highest BCUT2D eigenvalue weighted by Gasteiger charge is 2.16. The highest BCUT2D eigenvalue weighted by molar-refractivity contribution is 6.11. The van der Waals surface area contributed by atoms with Crippen molar-refractivity contribution in [3.8, 4) is 0 Å². The Kier molecular flexibility index (Phi) is 11.1. The number of allylic oxidation sites excluding steroid dienone is 2. The summed E-state index contributed by atoms with van der Waals surface area (Å²) in [6.45, 7) is 14.3. The monoisotopic (exact) mass is 533 g/mol. The Morgan fingerprint density at radius 2 is 1.65 bits per heavy atom. The molecule has 0 spiro atoms. The number of aryl methyl sites for hydroxylation is 2. The molecule has 0 fully saturated rings. The van der Waals surface area contributed by atoms with E-state index in [1.165, 1.54) is 12.5 Å². The summed E-state index contributed by atoms with van der Waals surface area (Å²) in [6.07, 6.45) is 5.06. The first-order valence-electron chi connectivity index (χ1n) is 13.7. The highest BCUT2D eigenvalue weighted by Crippen LogP contribution is 2.28. The molecule has 0 saturated carbocycles. The first-order chi connectivity index (χ1) is 19.2. The van der Waals surface area contributed by atoms with Gasteiger partial charge in [0.05, 0.1) is 17.9 Å². The second kappa shape index (κ2) is 14.7. The molecule has 1 atom stereocenters. The number of nitrogens with zero attached hydrogens (tertiary/aromatic N) is 2. The summed E-state index contributed by atoms with van der Waals surface area (Å²) in [5.74, 6) is 0.327. The Hall–Kier alpha value is -4.38. The molecule has 40 heavy (non-hydrogen) atoms. The van der Waals surface area contributed by atoms with E-state index in [2.05, 4.69) is 42.9 Å². The second-order valence-electron chi connectivity index (χ2n) is 9.88. The Bertz CT molecular complexity index is 1460. The summed E-state index contributed by atoms with van der Waals surface area (Å²) in [6, 6.07) is 23.7. The van der Waals surface area contributed by atoms with Crippen molar-refractivity contribution in [1.82, 2.24) is 5.32 Å². The molecular formula is C35H39N3O2. The van der Waals surface area contributed by atoms with Crippen LogP contribution in [-0.4, -0.2) is 29.8 Å². The van der Waals surface area contributed by atoms with Gasteiger partial charge < -0.3 is 5.32 Å². The summed E-state index contributed by atoms with van der Waals surface area (Å²) < 4.78 is 0. The van der Waals surface area contributed by atoms with Crippen LogP contribution < -0.4 is 5.32 Å². The van der Waals surface area contributed by atoms with Crippen LogP contribution in [0.25, 0.3) is 0 Å². The lowest BCUT2D eigenvalue weighted by Gasteiger charge is -2.18. The van der Waals surface area contributed by atoms with E-state index in [1.54, 1.807) is 25.1 Å². The molecule has 0 heterocycles. The van der Waals surface area contributed by atoms with Crippen LogP contribution in [0.5, 0.6) is 0 Å². The van der Waals surface area contributed by atoms with Crippen molar-refractivity contribution < 1.29 is 9.59 Å². The molecule has 0 saturated heterocycles. The predicted octanol–water partition coefficient (Wildman–Crippen LogP) is 7.72. The van der Waals surface area contributed by atoms with Gasteiger partial charge in [-0.25, -0.2) is 4.99 Å². The molecule has 206 valence electrons. The van der Waals surface area contributed by atoms with Gasteiger partial charge in [-0.2, -0.15) is 0 Å². The molecule has 0 aliphatic heterocycles. The first kappa shape index (κ1) is 30.2. The third-order valence-electron chi connectivity index (χ3n) is 6.71. The van der Waals surface area contributed by atoms with Gasteiger partial charge in [0, 0.05) is 11.5 Å². The number of amidine groups is 1. The molecular weight excluding hydrogens is 494 g/mol. The van der Waals surface area contributed by atoms with E-state index in [0.29, 0.717) is 17.9 Å². The van der Waals surface area contributed by atoms with Crippen LogP contribution >= 0.6 is 0 Å². The van der Waals surface area contributed by atoms with E-state index in [4.69, 9.17) is 4.99 Å². The van der Waals surface area contributed by atoms with Gasteiger partial charge in [-0.05, 0) is 97.9 Å². The Morgan fingerprint density at radius 1 is 0.925 bits per heavy atom. The molecule has 0 bridgehead atoms. The number of para-hydroxylation sites is 1. The number of benzene rings is 3. The van der Waals surface area contributed by atoms with Crippen molar-refractivity contribution in [3.63, 3.8) is 0 Å². The Morgan fingerprint density at radius 3 is 2.35 bits per heavy atom. The van der Waals surface area contributed by atoms with E-state index >= 15 is 0 Å². The van der Waals surface area contributed by atoms with E-state index in [1.807, 2.05) is 61.5 Å². The lowest BCUT2D eigenvalue weighted by atomic mass is 9.88. The van der Waals surface area contributed by atoms with Gasteiger partial charge in [0.1, 0.15) is 5.84 Å². The van der Waals surface area contributed by atoms with Crippen LogP contribution in [0.1, 0.15) is 72.6 Å². The fourth-order valence-electron chi connectivity index (χ4n) is 4.47. The molecule has 0 aliphatic rings. The van der Waals surface area contributed by atoms with Crippen LogP contribution in [0.2, 0.25) is 0 Å². The van der Waals surface area contributed by atoms with E-state index in [-0.39, 0.29) is 17.6 Å². The second-order valence-corrected chi connectivity index (χ2v) is 9.88. The minimum Gasteiger partial charge on any atom is -0.310 e. The smallest absolute Gasteiger partial charge is 0.256 e. The van der Waals surface area contributed by atoms with Crippen molar-refractivity contribution in [3.05, 3.63) is 125 Å². The van der Waals surface area contributed by atoms with Crippen molar-refractivity contribution in [1.29, 1.82) is 0 Å². The number of amides is 1. The summed E-state index contributed by atoms with van der Waals surface area (Å²) in [4.78, 5) is 34.1. The molecule has 0 radical (unpaired) electrons. The predicted molar refractivity (Wildman–Crippen MR) is 167 cm³/mol. The number of hydrogen-bond acceptors (Lipinski definition) is 4.